The smallest absolute Gasteiger partial charge is 0.408 e. The van der Waals surface area contributed by atoms with E-state index in [1.807, 2.05) is 0 Å². The van der Waals surface area contributed by atoms with Gasteiger partial charge < -0.3 is 88.7 Å². The van der Waals surface area contributed by atoms with Gasteiger partial charge in [-0.3, -0.25) is 19.2 Å². The molecule has 2 aliphatic heterocycles. The van der Waals surface area contributed by atoms with Gasteiger partial charge in [-0.05, 0) is 130 Å². The minimum Gasteiger partial charge on any atom is -0.457 e. The number of hydrogen-bond donors (Lipinski definition) is 6. The van der Waals surface area contributed by atoms with E-state index in [4.69, 9.17) is 56.8 Å². The molecule has 6 amide bonds. The second kappa shape index (κ2) is 29.5. The van der Waals surface area contributed by atoms with E-state index in [1.165, 1.54) is 0 Å². The number of ether oxygens (including phenoxy) is 12. The van der Waals surface area contributed by atoms with Gasteiger partial charge in [-0.25, -0.2) is 28.4 Å². The van der Waals surface area contributed by atoms with Crippen molar-refractivity contribution in [3.8, 4) is 0 Å². The predicted molar refractivity (Wildman–Crippen MR) is 287 cm³/mol. The number of carbonyl (C=O) groups is 9. The summed E-state index contributed by atoms with van der Waals surface area (Å²) in [5, 5.41) is 15.8. The molecule has 0 aromatic carbocycles. The van der Waals surface area contributed by atoms with Gasteiger partial charge in [-0.1, -0.05) is 6.92 Å². The SMILES string of the molecule is CCC1O[C@H](O[C@@H]2C(F)C(O[C@H]3OC(CNC(=O)OC(C)(C)C)CCC3NC(=O)OC(C)(C)C)[C@H](NC(=O)OC(C)(C)C)C[C@H]2NC(=O)[C@H](CCNC(=O)OC(C)(C)C)OC(C)=O)C(OC(C)=O)[C@@H](NC(=O)OC(C)(C)C)[C@H]1OC(C)=O. The fraction of sp³-hybridized carbons (Fsp3) is 0.833. The van der Waals surface area contributed by atoms with Crippen molar-refractivity contribution in [1.29, 1.82) is 0 Å². The minimum absolute atomic E-state index is 0.0466. The van der Waals surface area contributed by atoms with Gasteiger partial charge in [0.1, 0.15) is 46.3 Å². The third-order valence-corrected chi connectivity index (χ3v) is 11.6. The molecule has 0 radical (unpaired) electrons. The zero-order chi connectivity index (χ0) is 62.5. The van der Waals surface area contributed by atoms with Crippen LogP contribution in [0.15, 0.2) is 0 Å². The number of alkyl halides is 1. The molecule has 3 rings (SSSR count). The molecular formula is C54H91FN6O21. The summed E-state index contributed by atoms with van der Waals surface area (Å²) in [5.74, 6) is -3.72. The Bertz CT molecular complexity index is 2210. The molecule has 27 nitrogen and oxygen atoms in total. The monoisotopic (exact) mass is 1180 g/mol. The van der Waals surface area contributed by atoms with Crippen LogP contribution in [0.25, 0.3) is 0 Å². The van der Waals surface area contributed by atoms with Gasteiger partial charge in [0.15, 0.2) is 37.1 Å². The van der Waals surface area contributed by atoms with E-state index in [9.17, 15) is 43.2 Å². The van der Waals surface area contributed by atoms with Crippen LogP contribution in [-0.2, 0) is 76.0 Å². The maximum atomic E-state index is 18.7. The summed E-state index contributed by atoms with van der Waals surface area (Å²) < 4.78 is 89.0. The zero-order valence-corrected chi connectivity index (χ0v) is 51.0. The Kier molecular flexibility index (Phi) is 25.3. The van der Waals surface area contributed by atoms with Crippen molar-refractivity contribution >= 4 is 54.3 Å². The van der Waals surface area contributed by atoms with Gasteiger partial charge in [0.2, 0.25) is 0 Å². The lowest BCUT2D eigenvalue weighted by Crippen LogP contribution is -2.70. The van der Waals surface area contributed by atoms with E-state index in [2.05, 4.69) is 31.9 Å². The van der Waals surface area contributed by atoms with Crippen molar-refractivity contribution in [2.75, 3.05) is 13.1 Å². The summed E-state index contributed by atoms with van der Waals surface area (Å²) in [4.78, 5) is 119. The molecule has 1 aliphatic carbocycles. The molecule has 3 fully saturated rings. The van der Waals surface area contributed by atoms with E-state index < -0.39 is 174 Å². The van der Waals surface area contributed by atoms with Gasteiger partial charge in [-0.2, -0.15) is 0 Å². The van der Waals surface area contributed by atoms with E-state index >= 15 is 4.39 Å². The molecule has 28 heteroatoms. The molecule has 0 bridgehead atoms. The highest BCUT2D eigenvalue weighted by Gasteiger charge is 2.56. The van der Waals surface area contributed by atoms with Crippen molar-refractivity contribution in [3.63, 3.8) is 0 Å². The van der Waals surface area contributed by atoms with Crippen molar-refractivity contribution in [2.45, 2.75) is 277 Å². The maximum Gasteiger partial charge on any atom is 0.408 e. The number of esters is 3. The lowest BCUT2D eigenvalue weighted by molar-refractivity contribution is -0.311. The molecule has 14 atom stereocenters. The van der Waals surface area contributed by atoms with Crippen LogP contribution in [-0.4, -0.2) is 181 Å². The normalized spacial score (nSPS) is 27.3. The quantitative estimate of drug-likeness (QED) is 0.0725. The summed E-state index contributed by atoms with van der Waals surface area (Å²) in [5.41, 5.74) is -4.88. The molecular weight excluding hydrogens is 1090 g/mol. The average molecular weight is 1180 g/mol. The second-order valence-corrected chi connectivity index (χ2v) is 25.2. The molecule has 3 aliphatic rings. The topological polar surface area (TPSA) is 337 Å². The van der Waals surface area contributed by atoms with Crippen LogP contribution in [0.1, 0.15) is 164 Å². The predicted octanol–water partition coefficient (Wildman–Crippen LogP) is 5.54. The van der Waals surface area contributed by atoms with Crippen LogP contribution in [0, 0.1) is 0 Å². The van der Waals surface area contributed by atoms with Crippen LogP contribution < -0.4 is 31.9 Å². The van der Waals surface area contributed by atoms with Gasteiger partial charge in [0, 0.05) is 40.3 Å². The Balaban J connectivity index is 2.31. The molecule has 0 aromatic rings. The van der Waals surface area contributed by atoms with E-state index in [0.29, 0.717) is 0 Å². The Morgan fingerprint density at radius 1 is 0.512 bits per heavy atom. The van der Waals surface area contributed by atoms with Crippen LogP contribution in [0.5, 0.6) is 0 Å². The van der Waals surface area contributed by atoms with Crippen LogP contribution in [0.3, 0.4) is 0 Å². The molecule has 2 heterocycles. The summed E-state index contributed by atoms with van der Waals surface area (Å²) in [7, 11) is 0. The third-order valence-electron chi connectivity index (χ3n) is 11.6. The number of hydrogen-bond acceptors (Lipinski definition) is 21. The van der Waals surface area contributed by atoms with E-state index in [-0.39, 0.29) is 38.8 Å². The highest BCUT2D eigenvalue weighted by molar-refractivity contribution is 5.84. The van der Waals surface area contributed by atoms with Crippen LogP contribution in [0.2, 0.25) is 0 Å². The molecule has 6 N–H and O–H groups in total. The van der Waals surface area contributed by atoms with Crippen LogP contribution in [0.4, 0.5) is 28.4 Å². The Morgan fingerprint density at radius 2 is 0.951 bits per heavy atom. The number of amides is 6. The van der Waals surface area contributed by atoms with Crippen LogP contribution >= 0.6 is 0 Å². The first kappa shape index (κ1) is 70.3. The summed E-state index contributed by atoms with van der Waals surface area (Å²) in [6.07, 6.45) is -21.8. The minimum atomic E-state index is -2.53. The molecule has 0 spiro atoms. The molecule has 1 saturated carbocycles. The van der Waals surface area contributed by atoms with Crippen molar-refractivity contribution < 1.29 is 104 Å². The lowest BCUT2D eigenvalue weighted by Gasteiger charge is -2.49. The fourth-order valence-corrected chi connectivity index (χ4v) is 8.77. The first-order valence-electron chi connectivity index (χ1n) is 27.5. The molecule has 82 heavy (non-hydrogen) atoms. The van der Waals surface area contributed by atoms with E-state index in [1.54, 1.807) is 111 Å². The Labute approximate surface area is 479 Å². The van der Waals surface area contributed by atoms with Crippen molar-refractivity contribution in [1.82, 2.24) is 31.9 Å². The summed E-state index contributed by atoms with van der Waals surface area (Å²) in [6.45, 7) is 28.8. The standard InChI is InChI=1S/C54H91FN6O21/c1-20-34-40(72-28(3)63)37(61-49(70)82-54(17,18)19)41(73-29(4)64)44(75-34)77-38-32(58-42(65)35(71-27(2)62)23-24-56-45(66)78-50(5,6)7)25-33(60-48(69)81-53(14,15)16)39(36(38)55)76-43-31(59-47(68)80-52(11,12)13)22-21-30(74-43)26-57-46(67)79-51(8,9)10/h30-41,43-44H,20-26H2,1-19H3,(H,56,66)(H,57,67)(H,58,65)(H,59,68)(H,60,69)(H,61,70)/t30?,31?,32-,33-,34?,35+,36?,37+,38+,39?,40+,41?,43-,44-/m1/s1. The first-order chi connectivity index (χ1) is 37.5. The number of carbonyl (C=O) groups excluding carboxylic acids is 9. The van der Waals surface area contributed by atoms with Crippen molar-refractivity contribution in [2.24, 2.45) is 0 Å². The molecule has 2 saturated heterocycles. The second-order valence-electron chi connectivity index (χ2n) is 25.2. The average Bonchev–Trinajstić information content (AvgIpc) is 3.27. The largest absolute Gasteiger partial charge is 0.457 e. The zero-order valence-electron chi connectivity index (χ0n) is 51.0. The fourth-order valence-electron chi connectivity index (χ4n) is 8.77. The number of alkyl carbamates (subject to hydrolysis) is 5. The van der Waals surface area contributed by atoms with E-state index in [0.717, 1.165) is 20.8 Å². The highest BCUT2D eigenvalue weighted by atomic mass is 19.1. The Hall–Kier alpha value is -6.00. The summed E-state index contributed by atoms with van der Waals surface area (Å²) in [6, 6.07) is -5.70. The van der Waals surface area contributed by atoms with Gasteiger partial charge in [0.25, 0.3) is 5.91 Å². The molecule has 0 aromatic heterocycles. The van der Waals surface area contributed by atoms with Crippen molar-refractivity contribution in [3.05, 3.63) is 0 Å². The van der Waals surface area contributed by atoms with Gasteiger partial charge >= 0.3 is 48.4 Å². The number of halogens is 1. The molecule has 6 unspecified atom stereocenters. The highest BCUT2D eigenvalue weighted by Crippen LogP contribution is 2.37. The Morgan fingerprint density at radius 3 is 1.43 bits per heavy atom. The number of nitrogens with one attached hydrogen (secondary N) is 6. The number of rotatable bonds is 18. The maximum absolute atomic E-state index is 18.7. The summed E-state index contributed by atoms with van der Waals surface area (Å²) >= 11 is 0. The lowest BCUT2D eigenvalue weighted by atomic mass is 9.83. The third kappa shape index (κ3) is 25.2. The van der Waals surface area contributed by atoms with Gasteiger partial charge in [0.05, 0.1) is 30.3 Å². The van der Waals surface area contributed by atoms with Gasteiger partial charge in [-0.15, -0.1) is 0 Å². The molecule has 470 valence electrons. The first-order valence-corrected chi connectivity index (χ1v) is 27.5.